The van der Waals surface area contributed by atoms with Gasteiger partial charge in [0.25, 0.3) is 0 Å². The van der Waals surface area contributed by atoms with Crippen LogP contribution in [0.5, 0.6) is 5.75 Å². The molecule has 0 radical (unpaired) electrons. The summed E-state index contributed by atoms with van der Waals surface area (Å²) in [5.41, 5.74) is 1.16. The predicted octanol–water partition coefficient (Wildman–Crippen LogP) is 3.81. The topological polar surface area (TPSA) is 21.3 Å². The number of hydrogen-bond donors (Lipinski definition) is 1. The zero-order valence-electron chi connectivity index (χ0n) is 10.9. The first-order valence-corrected chi connectivity index (χ1v) is 6.63. The van der Waals surface area contributed by atoms with Crippen LogP contribution in [0.2, 0.25) is 5.02 Å². The Balaban J connectivity index is 2.26. The molecule has 0 aliphatic heterocycles. The van der Waals surface area contributed by atoms with Gasteiger partial charge in [-0.1, -0.05) is 24.6 Å². The van der Waals surface area contributed by atoms with E-state index in [4.69, 9.17) is 16.3 Å². The highest BCUT2D eigenvalue weighted by molar-refractivity contribution is 6.32. The zero-order chi connectivity index (χ0) is 12.7. The molecule has 3 heteroatoms. The van der Waals surface area contributed by atoms with Crippen LogP contribution in [0, 0.1) is 6.92 Å². The van der Waals surface area contributed by atoms with E-state index in [-0.39, 0.29) is 0 Å². The smallest absolute Gasteiger partial charge is 0.137 e. The Morgan fingerprint density at radius 1 is 1.41 bits per heavy atom. The van der Waals surface area contributed by atoms with Crippen LogP contribution in [0.25, 0.3) is 0 Å². The van der Waals surface area contributed by atoms with Gasteiger partial charge in [0.15, 0.2) is 0 Å². The maximum Gasteiger partial charge on any atom is 0.137 e. The van der Waals surface area contributed by atoms with Crippen molar-refractivity contribution in [3.8, 4) is 5.75 Å². The maximum absolute atomic E-state index is 6.08. The lowest BCUT2D eigenvalue weighted by Crippen LogP contribution is -2.25. The van der Waals surface area contributed by atoms with E-state index in [0.717, 1.165) is 37.3 Å². The molecule has 0 saturated heterocycles. The van der Waals surface area contributed by atoms with Gasteiger partial charge in [-0.05, 0) is 50.9 Å². The van der Waals surface area contributed by atoms with Crippen LogP contribution in [-0.4, -0.2) is 19.2 Å². The molecular weight excluding hydrogens is 234 g/mol. The van der Waals surface area contributed by atoms with E-state index in [2.05, 4.69) is 19.2 Å². The quantitative estimate of drug-likeness (QED) is 0.749. The van der Waals surface area contributed by atoms with Crippen LogP contribution in [0.3, 0.4) is 0 Å². The molecule has 0 amide bonds. The van der Waals surface area contributed by atoms with Crippen molar-refractivity contribution in [2.45, 2.75) is 39.7 Å². The first kappa shape index (κ1) is 14.3. The van der Waals surface area contributed by atoms with Crippen molar-refractivity contribution in [1.29, 1.82) is 0 Å². The predicted molar refractivity (Wildman–Crippen MR) is 74.1 cm³/mol. The fourth-order valence-electron chi connectivity index (χ4n) is 1.75. The lowest BCUT2D eigenvalue weighted by atomic mass is 10.2. The van der Waals surface area contributed by atoms with Crippen LogP contribution >= 0.6 is 11.6 Å². The number of ether oxygens (including phenoxy) is 1. The molecule has 1 atom stereocenters. The van der Waals surface area contributed by atoms with E-state index < -0.39 is 0 Å². The molecule has 0 saturated carbocycles. The molecule has 1 aromatic rings. The normalized spacial score (nSPS) is 12.5. The van der Waals surface area contributed by atoms with Gasteiger partial charge in [-0.3, -0.25) is 0 Å². The van der Waals surface area contributed by atoms with Crippen molar-refractivity contribution < 1.29 is 4.74 Å². The fourth-order valence-corrected chi connectivity index (χ4v) is 2.03. The molecule has 96 valence electrons. The van der Waals surface area contributed by atoms with Gasteiger partial charge in [-0.15, -0.1) is 0 Å². The van der Waals surface area contributed by atoms with Crippen LogP contribution in [0.1, 0.15) is 32.3 Å². The average molecular weight is 256 g/mol. The van der Waals surface area contributed by atoms with Gasteiger partial charge >= 0.3 is 0 Å². The third-order valence-corrected chi connectivity index (χ3v) is 2.97. The van der Waals surface area contributed by atoms with Gasteiger partial charge in [-0.2, -0.15) is 0 Å². The third kappa shape index (κ3) is 5.42. The van der Waals surface area contributed by atoms with E-state index in [1.165, 1.54) is 0 Å². The first-order valence-electron chi connectivity index (χ1n) is 6.25. The Labute approximate surface area is 109 Å². The average Bonchev–Trinajstić information content (AvgIpc) is 2.27. The molecule has 0 spiro atoms. The summed E-state index contributed by atoms with van der Waals surface area (Å²) in [7, 11) is 0. The van der Waals surface area contributed by atoms with Crippen LogP contribution < -0.4 is 10.1 Å². The molecule has 1 N–H and O–H groups in total. The second kappa shape index (κ2) is 7.57. The number of aryl methyl sites for hydroxylation is 1. The lowest BCUT2D eigenvalue weighted by Gasteiger charge is -2.13. The molecule has 0 bridgehead atoms. The van der Waals surface area contributed by atoms with Crippen molar-refractivity contribution in [2.24, 2.45) is 0 Å². The molecule has 1 unspecified atom stereocenters. The molecule has 2 nitrogen and oxygen atoms in total. The molecule has 0 aromatic heterocycles. The highest BCUT2D eigenvalue weighted by atomic mass is 35.5. The van der Waals surface area contributed by atoms with Gasteiger partial charge < -0.3 is 10.1 Å². The second-order valence-corrected chi connectivity index (χ2v) is 4.79. The summed E-state index contributed by atoms with van der Waals surface area (Å²) in [6.07, 6.45) is 2.16. The number of nitrogens with one attached hydrogen (secondary N) is 1. The van der Waals surface area contributed by atoms with Gasteiger partial charge in [0.1, 0.15) is 5.75 Å². The fraction of sp³-hybridized carbons (Fsp3) is 0.571. The number of benzene rings is 1. The molecular formula is C14H22ClNO. The lowest BCUT2D eigenvalue weighted by molar-refractivity contribution is 0.298. The van der Waals surface area contributed by atoms with Crippen molar-refractivity contribution in [3.63, 3.8) is 0 Å². The van der Waals surface area contributed by atoms with E-state index in [9.17, 15) is 0 Å². The molecule has 0 fully saturated rings. The summed E-state index contributed by atoms with van der Waals surface area (Å²) in [6, 6.07) is 6.43. The van der Waals surface area contributed by atoms with Crippen molar-refractivity contribution in [1.82, 2.24) is 5.32 Å². The summed E-state index contributed by atoms with van der Waals surface area (Å²) in [6.45, 7) is 8.08. The number of halogens is 1. The Hall–Kier alpha value is -0.730. The Morgan fingerprint density at radius 3 is 2.82 bits per heavy atom. The summed E-state index contributed by atoms with van der Waals surface area (Å²) in [5, 5.41) is 4.08. The minimum atomic E-state index is 0.553. The van der Waals surface area contributed by atoms with E-state index in [1.807, 2.05) is 25.1 Å². The van der Waals surface area contributed by atoms with Crippen molar-refractivity contribution in [3.05, 3.63) is 28.8 Å². The maximum atomic E-state index is 6.08. The minimum Gasteiger partial charge on any atom is -0.492 e. The number of rotatable bonds is 7. The standard InChI is InChI=1S/C14H22ClNO/c1-4-16-12(3)6-5-9-17-14-8-7-11(2)10-13(14)15/h7-8,10,12,16H,4-6,9H2,1-3H3. The van der Waals surface area contributed by atoms with Gasteiger partial charge in [0.2, 0.25) is 0 Å². The van der Waals surface area contributed by atoms with E-state index in [1.54, 1.807) is 0 Å². The Kier molecular flexibility index (Phi) is 6.38. The summed E-state index contributed by atoms with van der Waals surface area (Å²) < 4.78 is 5.66. The van der Waals surface area contributed by atoms with Crippen LogP contribution in [-0.2, 0) is 0 Å². The monoisotopic (exact) mass is 255 g/mol. The molecule has 1 rings (SSSR count). The molecule has 1 aromatic carbocycles. The van der Waals surface area contributed by atoms with Crippen LogP contribution in [0.4, 0.5) is 0 Å². The van der Waals surface area contributed by atoms with Crippen molar-refractivity contribution in [2.75, 3.05) is 13.2 Å². The summed E-state index contributed by atoms with van der Waals surface area (Å²) >= 11 is 6.08. The molecule has 0 heterocycles. The molecule has 0 aliphatic rings. The van der Waals surface area contributed by atoms with Gasteiger partial charge in [0, 0.05) is 6.04 Å². The molecule has 17 heavy (non-hydrogen) atoms. The van der Waals surface area contributed by atoms with Crippen molar-refractivity contribution >= 4 is 11.6 Å². The molecule has 0 aliphatic carbocycles. The van der Waals surface area contributed by atoms with Gasteiger partial charge in [-0.25, -0.2) is 0 Å². The summed E-state index contributed by atoms with van der Waals surface area (Å²) in [5.74, 6) is 0.786. The van der Waals surface area contributed by atoms with E-state index >= 15 is 0 Å². The Morgan fingerprint density at radius 2 is 2.18 bits per heavy atom. The first-order chi connectivity index (χ1) is 8.13. The largest absolute Gasteiger partial charge is 0.492 e. The second-order valence-electron chi connectivity index (χ2n) is 4.38. The van der Waals surface area contributed by atoms with E-state index in [0.29, 0.717) is 11.1 Å². The minimum absolute atomic E-state index is 0.553. The zero-order valence-corrected chi connectivity index (χ0v) is 11.7. The highest BCUT2D eigenvalue weighted by Crippen LogP contribution is 2.25. The van der Waals surface area contributed by atoms with Crippen LogP contribution in [0.15, 0.2) is 18.2 Å². The van der Waals surface area contributed by atoms with Gasteiger partial charge in [0.05, 0.1) is 11.6 Å². The third-order valence-electron chi connectivity index (χ3n) is 2.68. The SMILES string of the molecule is CCNC(C)CCCOc1ccc(C)cc1Cl. The Bertz CT molecular complexity index is 341. The number of hydrogen-bond acceptors (Lipinski definition) is 2. The summed E-state index contributed by atoms with van der Waals surface area (Å²) in [4.78, 5) is 0. The highest BCUT2D eigenvalue weighted by Gasteiger charge is 2.03.